The largest absolute Gasteiger partial charge is 0.505 e. The fraction of sp³-hybridized carbons (Fsp3) is 0.0417. The number of carbonyl (C=O) groups excluding carboxylic acids is 1. The maximum Gasteiger partial charge on any atom is 0.259 e. The van der Waals surface area contributed by atoms with Crippen LogP contribution in [0, 0.1) is 0 Å². The summed E-state index contributed by atoms with van der Waals surface area (Å²) >= 11 is 18.3. The SMILES string of the molecule is CNS(=O)(=O)c1cc(Cl)c(N=Nc2c(O)c(C(=O)Nc3ccc(Cl)cc3)cc3ccccc23)cc1Cl. The Morgan fingerprint density at radius 1 is 0.917 bits per heavy atom. The van der Waals surface area contributed by atoms with E-state index in [-0.39, 0.29) is 31.9 Å². The minimum absolute atomic E-state index is 0.0217. The molecule has 36 heavy (non-hydrogen) atoms. The van der Waals surface area contributed by atoms with Gasteiger partial charge in [-0.2, -0.15) is 0 Å². The number of sulfonamides is 1. The van der Waals surface area contributed by atoms with Crippen LogP contribution in [0.3, 0.4) is 0 Å². The molecule has 1 amide bonds. The zero-order valence-corrected chi connectivity index (χ0v) is 21.5. The van der Waals surface area contributed by atoms with Crippen molar-refractivity contribution in [2.45, 2.75) is 4.90 Å². The van der Waals surface area contributed by atoms with Gasteiger partial charge in [-0.05, 0) is 54.9 Å². The Kier molecular flexibility index (Phi) is 7.49. The molecule has 0 aliphatic rings. The van der Waals surface area contributed by atoms with Crippen molar-refractivity contribution in [2.24, 2.45) is 10.2 Å². The van der Waals surface area contributed by atoms with Crippen molar-refractivity contribution < 1.29 is 18.3 Å². The average molecular weight is 564 g/mol. The lowest BCUT2D eigenvalue weighted by molar-refractivity contribution is 0.102. The molecule has 0 atom stereocenters. The highest BCUT2D eigenvalue weighted by Gasteiger charge is 2.20. The van der Waals surface area contributed by atoms with E-state index in [1.165, 1.54) is 19.2 Å². The summed E-state index contributed by atoms with van der Waals surface area (Å²) in [6, 6.07) is 17.4. The molecule has 0 fully saturated rings. The number of benzene rings is 4. The van der Waals surface area contributed by atoms with Gasteiger partial charge >= 0.3 is 0 Å². The van der Waals surface area contributed by atoms with E-state index in [4.69, 9.17) is 34.8 Å². The number of fused-ring (bicyclic) bond motifs is 1. The number of phenols is 1. The van der Waals surface area contributed by atoms with Crippen LogP contribution in [0.2, 0.25) is 15.1 Å². The maximum atomic E-state index is 13.0. The van der Waals surface area contributed by atoms with Gasteiger partial charge in [0.2, 0.25) is 10.0 Å². The zero-order chi connectivity index (χ0) is 26.0. The first-order valence-electron chi connectivity index (χ1n) is 10.3. The van der Waals surface area contributed by atoms with Crippen molar-refractivity contribution in [1.29, 1.82) is 0 Å². The van der Waals surface area contributed by atoms with Crippen LogP contribution in [0.5, 0.6) is 5.75 Å². The molecule has 0 radical (unpaired) electrons. The fourth-order valence-corrected chi connectivity index (χ4v) is 5.00. The van der Waals surface area contributed by atoms with Gasteiger partial charge in [-0.25, -0.2) is 13.1 Å². The van der Waals surface area contributed by atoms with Crippen LogP contribution >= 0.6 is 34.8 Å². The van der Waals surface area contributed by atoms with Crippen molar-refractivity contribution in [3.8, 4) is 5.75 Å². The first kappa shape index (κ1) is 25.9. The number of hydrogen-bond acceptors (Lipinski definition) is 6. The Labute approximate surface area is 221 Å². The number of rotatable bonds is 6. The summed E-state index contributed by atoms with van der Waals surface area (Å²) in [5.74, 6) is -0.972. The van der Waals surface area contributed by atoms with Gasteiger partial charge in [0.1, 0.15) is 16.3 Å². The van der Waals surface area contributed by atoms with Crippen LogP contribution in [0.1, 0.15) is 10.4 Å². The van der Waals surface area contributed by atoms with Gasteiger partial charge in [-0.15, -0.1) is 10.2 Å². The number of hydrogen-bond donors (Lipinski definition) is 3. The van der Waals surface area contributed by atoms with E-state index in [0.717, 1.165) is 6.07 Å². The van der Waals surface area contributed by atoms with E-state index < -0.39 is 21.7 Å². The lowest BCUT2D eigenvalue weighted by atomic mass is 10.0. The summed E-state index contributed by atoms with van der Waals surface area (Å²) in [5, 5.41) is 23.4. The van der Waals surface area contributed by atoms with Crippen LogP contribution in [0.4, 0.5) is 17.1 Å². The number of carbonyl (C=O) groups is 1. The van der Waals surface area contributed by atoms with Crippen molar-refractivity contribution >= 4 is 78.6 Å². The van der Waals surface area contributed by atoms with Gasteiger partial charge in [0, 0.05) is 16.1 Å². The number of anilines is 1. The Bertz CT molecular complexity index is 1630. The molecule has 0 unspecified atom stereocenters. The third kappa shape index (κ3) is 5.30. The second-order valence-electron chi connectivity index (χ2n) is 7.45. The monoisotopic (exact) mass is 562 g/mol. The lowest BCUT2D eigenvalue weighted by Gasteiger charge is -2.11. The van der Waals surface area contributed by atoms with Gasteiger partial charge in [0.05, 0.1) is 15.6 Å². The van der Waals surface area contributed by atoms with Crippen LogP contribution in [-0.4, -0.2) is 26.5 Å². The second-order valence-corrected chi connectivity index (χ2v) is 10.6. The molecule has 184 valence electrons. The maximum absolute atomic E-state index is 13.0. The summed E-state index contributed by atoms with van der Waals surface area (Å²) in [7, 11) is -2.60. The number of phenolic OH excluding ortho intramolecular Hbond substituents is 1. The van der Waals surface area contributed by atoms with E-state index in [1.54, 1.807) is 48.5 Å². The first-order chi connectivity index (χ1) is 17.1. The summed E-state index contributed by atoms with van der Waals surface area (Å²) in [6.45, 7) is 0. The minimum atomic E-state index is -3.84. The topological polar surface area (TPSA) is 120 Å². The Morgan fingerprint density at radius 3 is 2.31 bits per heavy atom. The Hall–Kier alpha value is -3.21. The quantitative estimate of drug-likeness (QED) is 0.217. The molecular weight excluding hydrogens is 547 g/mol. The number of halogens is 3. The number of nitrogens with one attached hydrogen (secondary N) is 2. The molecule has 0 bridgehead atoms. The lowest BCUT2D eigenvalue weighted by Crippen LogP contribution is -2.18. The van der Waals surface area contributed by atoms with E-state index in [2.05, 4.69) is 20.3 Å². The standard InChI is InChI=1S/C24H17Cl3N4O4S/c1-28-36(34,35)21-12-18(26)20(11-19(21)27)30-31-22-16-5-3-2-4-13(16)10-17(23(22)32)24(33)29-15-8-6-14(25)7-9-15/h2-12,28,32H,1H3,(H,29,33). The predicted octanol–water partition coefficient (Wildman–Crippen LogP) is 7.08. The number of amides is 1. The molecule has 4 rings (SSSR count). The third-order valence-electron chi connectivity index (χ3n) is 5.16. The first-order valence-corrected chi connectivity index (χ1v) is 12.9. The van der Waals surface area contributed by atoms with E-state index in [0.29, 0.717) is 21.5 Å². The van der Waals surface area contributed by atoms with Crippen LogP contribution in [0.15, 0.2) is 81.9 Å². The van der Waals surface area contributed by atoms with E-state index in [1.807, 2.05) is 0 Å². The smallest absolute Gasteiger partial charge is 0.259 e. The van der Waals surface area contributed by atoms with Crippen LogP contribution in [0.25, 0.3) is 10.8 Å². The summed E-state index contributed by atoms with van der Waals surface area (Å²) < 4.78 is 26.4. The number of aromatic hydroxyl groups is 1. The molecule has 0 saturated carbocycles. The molecular formula is C24H17Cl3N4O4S. The Morgan fingerprint density at radius 2 is 1.61 bits per heavy atom. The molecule has 0 spiro atoms. The summed E-state index contributed by atoms with van der Waals surface area (Å²) in [4.78, 5) is 12.8. The highest BCUT2D eigenvalue weighted by molar-refractivity contribution is 7.89. The Balaban J connectivity index is 1.77. The van der Waals surface area contributed by atoms with Crippen LogP contribution in [-0.2, 0) is 10.0 Å². The average Bonchev–Trinajstić information content (AvgIpc) is 2.86. The van der Waals surface area contributed by atoms with Crippen LogP contribution < -0.4 is 10.0 Å². The molecule has 0 aliphatic carbocycles. The number of azo groups is 1. The molecule has 3 N–H and O–H groups in total. The molecule has 0 aromatic heterocycles. The summed E-state index contributed by atoms with van der Waals surface area (Å²) in [6.07, 6.45) is 0. The predicted molar refractivity (Wildman–Crippen MR) is 142 cm³/mol. The van der Waals surface area contributed by atoms with Crippen molar-refractivity contribution in [2.75, 3.05) is 12.4 Å². The normalized spacial score (nSPS) is 11.8. The van der Waals surface area contributed by atoms with Gasteiger partial charge in [-0.3, -0.25) is 4.79 Å². The molecule has 12 heteroatoms. The number of nitrogens with zero attached hydrogens (tertiary/aromatic N) is 2. The van der Waals surface area contributed by atoms with E-state index in [9.17, 15) is 18.3 Å². The van der Waals surface area contributed by atoms with E-state index >= 15 is 0 Å². The molecule has 0 saturated heterocycles. The third-order valence-corrected chi connectivity index (χ3v) is 7.59. The molecule has 8 nitrogen and oxygen atoms in total. The van der Waals surface area contributed by atoms with Gasteiger partial charge in [0.25, 0.3) is 5.91 Å². The zero-order valence-electron chi connectivity index (χ0n) is 18.5. The molecule has 0 heterocycles. The minimum Gasteiger partial charge on any atom is -0.505 e. The second kappa shape index (κ2) is 10.4. The molecule has 4 aromatic rings. The molecule has 4 aromatic carbocycles. The van der Waals surface area contributed by atoms with Crippen molar-refractivity contribution in [1.82, 2.24) is 4.72 Å². The van der Waals surface area contributed by atoms with Crippen molar-refractivity contribution in [3.05, 3.63) is 87.4 Å². The van der Waals surface area contributed by atoms with Gasteiger partial charge in [-0.1, -0.05) is 59.1 Å². The highest BCUT2D eigenvalue weighted by Crippen LogP contribution is 2.41. The summed E-state index contributed by atoms with van der Waals surface area (Å²) in [5.41, 5.74) is 0.542. The van der Waals surface area contributed by atoms with Gasteiger partial charge < -0.3 is 10.4 Å². The van der Waals surface area contributed by atoms with Gasteiger partial charge in [0.15, 0.2) is 5.75 Å². The van der Waals surface area contributed by atoms with Crippen molar-refractivity contribution in [3.63, 3.8) is 0 Å². The molecule has 0 aliphatic heterocycles. The fourth-order valence-electron chi connectivity index (χ4n) is 3.34. The highest BCUT2D eigenvalue weighted by atomic mass is 35.5.